The van der Waals surface area contributed by atoms with Crippen LogP contribution in [0.3, 0.4) is 0 Å². The van der Waals surface area contributed by atoms with Gasteiger partial charge in [-0.25, -0.2) is 8.42 Å². The molecule has 1 aliphatic heterocycles. The summed E-state index contributed by atoms with van der Waals surface area (Å²) in [7, 11) is -3.92. The number of aryl methyl sites for hydroxylation is 1. The number of carbonyl (C=O) groups is 2. The summed E-state index contributed by atoms with van der Waals surface area (Å²) in [5.74, 6) is -0.622. The Morgan fingerprint density at radius 3 is 2.55 bits per heavy atom. The highest BCUT2D eigenvalue weighted by Crippen LogP contribution is 2.31. The molecule has 0 fully saturated rings. The van der Waals surface area contributed by atoms with Gasteiger partial charge in [-0.2, -0.15) is 4.72 Å². The minimum atomic E-state index is -3.92. The van der Waals surface area contributed by atoms with Crippen LogP contribution in [0.1, 0.15) is 56.3 Å². The lowest BCUT2D eigenvalue weighted by Gasteiger charge is -2.29. The van der Waals surface area contributed by atoms with E-state index in [0.29, 0.717) is 13.0 Å². The van der Waals surface area contributed by atoms with Gasteiger partial charge in [0.05, 0.1) is 10.9 Å². The third-order valence-electron chi connectivity index (χ3n) is 6.55. The molecule has 0 saturated carbocycles. The molecule has 0 bridgehead atoms. The molecule has 2 aromatic carbocycles. The second kappa shape index (κ2) is 9.27. The summed E-state index contributed by atoms with van der Waals surface area (Å²) >= 11 is 0. The summed E-state index contributed by atoms with van der Waals surface area (Å²) in [5, 5.41) is 3.08. The Morgan fingerprint density at radius 2 is 1.82 bits per heavy atom. The van der Waals surface area contributed by atoms with E-state index >= 15 is 0 Å². The van der Waals surface area contributed by atoms with Crippen LogP contribution in [0.2, 0.25) is 0 Å². The zero-order valence-electron chi connectivity index (χ0n) is 19.3. The number of sulfonamides is 1. The standard InChI is InChI=1S/C25H31N3O4S/c1-16(2)24(25(30)26-22-10-6-8-18-7-4-5-9-21(18)22)27-33(31,32)20-11-12-23-19(15-20)13-14-28(23)17(3)29/h4-5,7,9,11-12,15-16,22,24,27H,6,8,10,13-14H2,1-3H3,(H,26,30)/t22-,24+/m1/s1. The van der Waals surface area contributed by atoms with E-state index in [1.54, 1.807) is 17.0 Å². The topological polar surface area (TPSA) is 95.6 Å². The number of nitrogens with one attached hydrogen (secondary N) is 2. The number of amides is 2. The van der Waals surface area contributed by atoms with Crippen LogP contribution in [-0.2, 0) is 32.5 Å². The normalized spacial score (nSPS) is 18.5. The first kappa shape index (κ1) is 23.4. The van der Waals surface area contributed by atoms with E-state index in [0.717, 1.165) is 36.1 Å². The van der Waals surface area contributed by atoms with Crippen LogP contribution in [0.25, 0.3) is 0 Å². The first-order valence-corrected chi connectivity index (χ1v) is 13.0. The number of fused-ring (bicyclic) bond motifs is 2. The molecule has 2 N–H and O–H groups in total. The van der Waals surface area contributed by atoms with E-state index < -0.39 is 16.1 Å². The molecule has 7 nitrogen and oxygen atoms in total. The van der Waals surface area contributed by atoms with E-state index in [9.17, 15) is 18.0 Å². The zero-order chi connectivity index (χ0) is 23.8. The van der Waals surface area contributed by atoms with Crippen molar-refractivity contribution < 1.29 is 18.0 Å². The van der Waals surface area contributed by atoms with Gasteiger partial charge >= 0.3 is 0 Å². The van der Waals surface area contributed by atoms with Crippen LogP contribution in [0.5, 0.6) is 0 Å². The van der Waals surface area contributed by atoms with Gasteiger partial charge in [-0.3, -0.25) is 9.59 Å². The van der Waals surface area contributed by atoms with Gasteiger partial charge < -0.3 is 10.2 Å². The van der Waals surface area contributed by atoms with E-state index in [1.165, 1.54) is 18.6 Å². The number of benzene rings is 2. The van der Waals surface area contributed by atoms with Gasteiger partial charge in [0.25, 0.3) is 0 Å². The third-order valence-corrected chi connectivity index (χ3v) is 7.99. The molecule has 2 atom stereocenters. The number of rotatable bonds is 6. The molecule has 0 spiro atoms. The molecule has 2 aliphatic rings. The van der Waals surface area contributed by atoms with Crippen LogP contribution in [0, 0.1) is 5.92 Å². The number of hydrogen-bond acceptors (Lipinski definition) is 4. The SMILES string of the molecule is CC(=O)N1CCc2cc(S(=O)(=O)N[C@H](C(=O)N[C@@H]3CCCc4ccccc43)C(C)C)ccc21. The maximum atomic E-state index is 13.2. The maximum absolute atomic E-state index is 13.2. The third kappa shape index (κ3) is 4.82. The molecular weight excluding hydrogens is 438 g/mol. The average molecular weight is 470 g/mol. The first-order chi connectivity index (χ1) is 15.7. The van der Waals surface area contributed by atoms with Crippen molar-refractivity contribution in [3.05, 3.63) is 59.2 Å². The second-order valence-electron chi connectivity index (χ2n) is 9.21. The minimum absolute atomic E-state index is 0.0664. The Morgan fingerprint density at radius 1 is 1.06 bits per heavy atom. The van der Waals surface area contributed by atoms with Crippen molar-refractivity contribution in [3.8, 4) is 0 Å². The highest BCUT2D eigenvalue weighted by molar-refractivity contribution is 7.89. The molecule has 0 aromatic heterocycles. The Bertz CT molecular complexity index is 1180. The second-order valence-corrected chi connectivity index (χ2v) is 10.9. The molecule has 0 unspecified atom stereocenters. The Hall–Kier alpha value is -2.71. The van der Waals surface area contributed by atoms with Gasteiger partial charge in [-0.05, 0) is 66.5 Å². The van der Waals surface area contributed by atoms with Crippen molar-refractivity contribution in [2.24, 2.45) is 5.92 Å². The molecule has 1 aliphatic carbocycles. The van der Waals surface area contributed by atoms with Crippen molar-refractivity contribution in [3.63, 3.8) is 0 Å². The molecule has 4 rings (SSSR count). The van der Waals surface area contributed by atoms with Crippen molar-refractivity contribution >= 4 is 27.5 Å². The predicted molar refractivity (Wildman–Crippen MR) is 127 cm³/mol. The first-order valence-electron chi connectivity index (χ1n) is 11.5. The maximum Gasteiger partial charge on any atom is 0.241 e. The lowest BCUT2D eigenvalue weighted by molar-refractivity contribution is -0.124. The van der Waals surface area contributed by atoms with Crippen LogP contribution in [-0.4, -0.2) is 32.8 Å². The Balaban J connectivity index is 1.52. The molecule has 8 heteroatoms. The van der Waals surface area contributed by atoms with Crippen molar-refractivity contribution in [1.29, 1.82) is 0 Å². The monoisotopic (exact) mass is 469 g/mol. The molecule has 33 heavy (non-hydrogen) atoms. The zero-order valence-corrected chi connectivity index (χ0v) is 20.1. The molecule has 2 aromatic rings. The van der Waals surface area contributed by atoms with E-state index in [4.69, 9.17) is 0 Å². The molecular formula is C25H31N3O4S. The number of hydrogen-bond donors (Lipinski definition) is 2. The molecule has 1 heterocycles. The number of carbonyl (C=O) groups excluding carboxylic acids is 2. The van der Waals surface area contributed by atoms with Crippen molar-refractivity contribution in [1.82, 2.24) is 10.0 Å². The lowest BCUT2D eigenvalue weighted by atomic mass is 9.87. The highest BCUT2D eigenvalue weighted by atomic mass is 32.2. The van der Waals surface area contributed by atoms with Crippen LogP contribution < -0.4 is 14.9 Å². The van der Waals surface area contributed by atoms with Crippen LogP contribution in [0.4, 0.5) is 5.69 Å². The van der Waals surface area contributed by atoms with Gasteiger partial charge in [0.2, 0.25) is 21.8 Å². The summed E-state index contributed by atoms with van der Waals surface area (Å²) in [6, 6.07) is 11.8. The number of nitrogens with zero attached hydrogens (tertiary/aromatic N) is 1. The fourth-order valence-corrected chi connectivity index (χ4v) is 6.16. The van der Waals surface area contributed by atoms with E-state index in [-0.39, 0.29) is 28.7 Å². The minimum Gasteiger partial charge on any atom is -0.348 e. The van der Waals surface area contributed by atoms with E-state index in [1.807, 2.05) is 32.0 Å². The summed E-state index contributed by atoms with van der Waals surface area (Å²) in [6.45, 7) is 5.70. The van der Waals surface area contributed by atoms with E-state index in [2.05, 4.69) is 16.1 Å². The van der Waals surface area contributed by atoms with Gasteiger partial charge in [-0.15, -0.1) is 0 Å². The van der Waals surface area contributed by atoms with Crippen molar-refractivity contribution in [2.45, 2.75) is 63.4 Å². The van der Waals surface area contributed by atoms with Gasteiger partial charge in [0, 0.05) is 19.2 Å². The molecule has 176 valence electrons. The molecule has 0 radical (unpaired) electrons. The summed E-state index contributed by atoms with van der Waals surface area (Å²) < 4.78 is 29.0. The average Bonchev–Trinajstić information content (AvgIpc) is 3.21. The fourth-order valence-electron chi connectivity index (χ4n) is 4.77. The largest absolute Gasteiger partial charge is 0.348 e. The quantitative estimate of drug-likeness (QED) is 0.680. The van der Waals surface area contributed by atoms with Gasteiger partial charge in [0.1, 0.15) is 6.04 Å². The summed E-state index contributed by atoms with van der Waals surface area (Å²) in [4.78, 5) is 26.7. The Labute approximate surface area is 195 Å². The fraction of sp³-hybridized carbons (Fsp3) is 0.440. The lowest BCUT2D eigenvalue weighted by Crippen LogP contribution is -2.50. The Kier molecular flexibility index (Phi) is 6.59. The van der Waals surface area contributed by atoms with Crippen LogP contribution >= 0.6 is 0 Å². The number of anilines is 1. The molecule has 2 amide bonds. The molecule has 0 saturated heterocycles. The smallest absolute Gasteiger partial charge is 0.241 e. The summed E-state index contributed by atoms with van der Waals surface area (Å²) in [6.07, 6.45) is 3.40. The summed E-state index contributed by atoms with van der Waals surface area (Å²) in [5.41, 5.74) is 3.90. The van der Waals surface area contributed by atoms with Gasteiger partial charge in [-0.1, -0.05) is 38.1 Å². The van der Waals surface area contributed by atoms with Crippen molar-refractivity contribution in [2.75, 3.05) is 11.4 Å². The highest BCUT2D eigenvalue weighted by Gasteiger charge is 2.32. The van der Waals surface area contributed by atoms with Crippen LogP contribution in [0.15, 0.2) is 47.4 Å². The van der Waals surface area contributed by atoms with Gasteiger partial charge in [0.15, 0.2) is 0 Å². The predicted octanol–water partition coefficient (Wildman–Crippen LogP) is 3.09.